The van der Waals surface area contributed by atoms with Gasteiger partial charge in [-0.05, 0) is 80.3 Å². The predicted octanol–water partition coefficient (Wildman–Crippen LogP) is 4.12. The second kappa shape index (κ2) is 9.27. The van der Waals surface area contributed by atoms with Crippen molar-refractivity contribution in [3.63, 3.8) is 0 Å². The molecule has 2 aromatic rings. The van der Waals surface area contributed by atoms with Crippen LogP contribution < -0.4 is 5.32 Å². The number of piperidine rings is 1. The Kier molecular flexibility index (Phi) is 6.62. The molecule has 8 heteroatoms. The van der Waals surface area contributed by atoms with E-state index in [0.717, 1.165) is 30.5 Å². The first-order chi connectivity index (χ1) is 15.3. The highest BCUT2D eigenvalue weighted by Crippen LogP contribution is 2.27. The fourth-order valence-electron chi connectivity index (χ4n) is 4.58. The molecule has 0 saturated carbocycles. The van der Waals surface area contributed by atoms with Crippen LogP contribution in [0.1, 0.15) is 55.3 Å². The van der Waals surface area contributed by atoms with E-state index >= 15 is 0 Å². The van der Waals surface area contributed by atoms with E-state index < -0.39 is 21.7 Å². The molecule has 2 aromatic carbocycles. The highest BCUT2D eigenvalue weighted by Gasteiger charge is 2.33. The molecule has 0 radical (unpaired) electrons. The van der Waals surface area contributed by atoms with Crippen LogP contribution in [0.5, 0.6) is 0 Å². The first kappa shape index (κ1) is 22.9. The number of fused-ring (bicyclic) bond motifs is 1. The predicted molar refractivity (Wildman–Crippen MR) is 117 cm³/mol. The third-order valence-electron chi connectivity index (χ3n) is 6.58. The summed E-state index contributed by atoms with van der Waals surface area (Å²) in [6.07, 6.45) is 5.38. The highest BCUT2D eigenvalue weighted by molar-refractivity contribution is 7.89. The minimum absolute atomic E-state index is 0.0832. The number of sulfonamides is 1. The van der Waals surface area contributed by atoms with Crippen molar-refractivity contribution in [2.75, 3.05) is 13.1 Å². The zero-order valence-corrected chi connectivity index (χ0v) is 18.9. The first-order valence-corrected chi connectivity index (χ1v) is 12.6. The van der Waals surface area contributed by atoms with E-state index in [1.54, 1.807) is 0 Å². The summed E-state index contributed by atoms with van der Waals surface area (Å²) in [4.78, 5) is 12.5. The molecule has 4 rings (SSSR count). The molecular weight excluding hydrogens is 434 g/mol. The molecular formula is C24H28F2N2O3S. The molecule has 0 spiro atoms. The normalized spacial score (nSPS) is 18.7. The Morgan fingerprint density at radius 1 is 1.00 bits per heavy atom. The molecule has 1 saturated heterocycles. The van der Waals surface area contributed by atoms with Gasteiger partial charge in [0.05, 0.1) is 10.9 Å². The monoisotopic (exact) mass is 462 g/mol. The second-order valence-electron chi connectivity index (χ2n) is 8.72. The maximum Gasteiger partial charge on any atom is 0.243 e. The molecule has 1 aliphatic heterocycles. The van der Waals surface area contributed by atoms with Gasteiger partial charge in [0.2, 0.25) is 15.9 Å². The lowest BCUT2D eigenvalue weighted by atomic mass is 9.89. The van der Waals surface area contributed by atoms with Gasteiger partial charge in [-0.2, -0.15) is 4.31 Å². The number of carbonyl (C=O) groups excluding carboxylic acids is 1. The molecule has 0 bridgehead atoms. The number of nitrogens with one attached hydrogen (secondary N) is 1. The van der Waals surface area contributed by atoms with Crippen LogP contribution in [-0.2, 0) is 27.7 Å². The second-order valence-corrected chi connectivity index (χ2v) is 10.7. The Hall–Kier alpha value is -2.32. The maximum atomic E-state index is 13.5. The van der Waals surface area contributed by atoms with E-state index in [-0.39, 0.29) is 35.9 Å². The SMILES string of the molecule is CC(NC(=O)C1CCN(S(=O)(=O)c2ccc(F)c(F)c2)CC1)c1ccc2c(c1)CCCC2. The van der Waals surface area contributed by atoms with Gasteiger partial charge in [0, 0.05) is 19.0 Å². The van der Waals surface area contributed by atoms with Gasteiger partial charge in [-0.3, -0.25) is 4.79 Å². The lowest BCUT2D eigenvalue weighted by molar-refractivity contribution is -0.126. The number of hydrogen-bond donors (Lipinski definition) is 1. The maximum absolute atomic E-state index is 13.5. The Morgan fingerprint density at radius 3 is 2.38 bits per heavy atom. The van der Waals surface area contributed by atoms with Gasteiger partial charge >= 0.3 is 0 Å². The molecule has 32 heavy (non-hydrogen) atoms. The van der Waals surface area contributed by atoms with E-state index in [1.807, 2.05) is 6.92 Å². The van der Waals surface area contributed by atoms with Crippen molar-refractivity contribution in [2.45, 2.75) is 56.4 Å². The summed E-state index contributed by atoms with van der Waals surface area (Å²) >= 11 is 0. The van der Waals surface area contributed by atoms with Gasteiger partial charge in [-0.25, -0.2) is 17.2 Å². The average Bonchev–Trinajstić information content (AvgIpc) is 2.80. The summed E-state index contributed by atoms with van der Waals surface area (Å²) in [5.74, 6) is -2.66. The first-order valence-electron chi connectivity index (χ1n) is 11.1. The quantitative estimate of drug-likeness (QED) is 0.727. The van der Waals surface area contributed by atoms with Crippen molar-refractivity contribution in [2.24, 2.45) is 5.92 Å². The number of hydrogen-bond acceptors (Lipinski definition) is 3. The lowest BCUT2D eigenvalue weighted by Gasteiger charge is -2.31. The number of nitrogens with zero attached hydrogens (tertiary/aromatic N) is 1. The molecule has 1 unspecified atom stereocenters. The summed E-state index contributed by atoms with van der Waals surface area (Å²) in [6, 6.07) is 8.87. The van der Waals surface area contributed by atoms with Crippen LogP contribution in [0.3, 0.4) is 0 Å². The summed E-state index contributed by atoms with van der Waals surface area (Å²) in [5.41, 5.74) is 3.84. The van der Waals surface area contributed by atoms with E-state index in [2.05, 4.69) is 23.5 Å². The number of aryl methyl sites for hydroxylation is 2. The number of halogens is 2. The Balaban J connectivity index is 1.35. The number of carbonyl (C=O) groups is 1. The number of amides is 1. The minimum atomic E-state index is -3.93. The van der Waals surface area contributed by atoms with E-state index in [4.69, 9.17) is 0 Å². The van der Waals surface area contributed by atoms with Crippen LogP contribution >= 0.6 is 0 Å². The minimum Gasteiger partial charge on any atom is -0.349 e. The molecule has 1 N–H and O–H groups in total. The van der Waals surface area contributed by atoms with Crippen molar-refractivity contribution in [1.29, 1.82) is 0 Å². The fraction of sp³-hybridized carbons (Fsp3) is 0.458. The van der Waals surface area contributed by atoms with Gasteiger partial charge in [0.1, 0.15) is 0 Å². The molecule has 1 heterocycles. The Labute approximate surface area is 187 Å². The lowest BCUT2D eigenvalue weighted by Crippen LogP contribution is -2.43. The molecule has 1 amide bonds. The van der Waals surface area contributed by atoms with Gasteiger partial charge < -0.3 is 5.32 Å². The largest absolute Gasteiger partial charge is 0.349 e. The molecule has 1 aliphatic carbocycles. The van der Waals surface area contributed by atoms with E-state index in [1.165, 1.54) is 28.3 Å². The topological polar surface area (TPSA) is 66.5 Å². The van der Waals surface area contributed by atoms with Crippen LogP contribution in [-0.4, -0.2) is 31.7 Å². The smallest absolute Gasteiger partial charge is 0.243 e. The van der Waals surface area contributed by atoms with Crippen molar-refractivity contribution in [3.05, 3.63) is 64.7 Å². The van der Waals surface area contributed by atoms with Crippen molar-refractivity contribution < 1.29 is 22.0 Å². The summed E-state index contributed by atoms with van der Waals surface area (Å²) in [5, 5.41) is 3.07. The highest BCUT2D eigenvalue weighted by atomic mass is 32.2. The molecule has 1 fully saturated rings. The summed E-state index contributed by atoms with van der Waals surface area (Å²) < 4.78 is 53.4. The van der Waals surface area contributed by atoms with Crippen LogP contribution in [0.15, 0.2) is 41.3 Å². The molecule has 0 aromatic heterocycles. The zero-order valence-electron chi connectivity index (χ0n) is 18.1. The number of rotatable bonds is 5. The molecule has 172 valence electrons. The van der Waals surface area contributed by atoms with Crippen molar-refractivity contribution in [3.8, 4) is 0 Å². The Morgan fingerprint density at radius 2 is 1.69 bits per heavy atom. The zero-order chi connectivity index (χ0) is 22.9. The Bertz CT molecular complexity index is 1110. The van der Waals surface area contributed by atoms with Gasteiger partial charge in [0.15, 0.2) is 11.6 Å². The average molecular weight is 463 g/mol. The van der Waals surface area contributed by atoms with E-state index in [9.17, 15) is 22.0 Å². The van der Waals surface area contributed by atoms with Gasteiger partial charge in [0.25, 0.3) is 0 Å². The standard InChI is InChI=1S/C24H28F2N2O3S/c1-16(19-7-6-17-4-2-3-5-20(17)14-19)27-24(29)18-10-12-28(13-11-18)32(30,31)21-8-9-22(25)23(26)15-21/h6-9,14-16,18H,2-5,10-13H2,1H3,(H,27,29). The molecule has 5 nitrogen and oxygen atoms in total. The molecule has 1 atom stereocenters. The molecule has 2 aliphatic rings. The van der Waals surface area contributed by atoms with Crippen LogP contribution in [0.4, 0.5) is 8.78 Å². The third kappa shape index (κ3) is 4.71. The van der Waals surface area contributed by atoms with E-state index in [0.29, 0.717) is 18.9 Å². The van der Waals surface area contributed by atoms with Crippen molar-refractivity contribution in [1.82, 2.24) is 9.62 Å². The third-order valence-corrected chi connectivity index (χ3v) is 8.48. The van der Waals surface area contributed by atoms with Crippen molar-refractivity contribution >= 4 is 15.9 Å². The van der Waals surface area contributed by atoms with Crippen LogP contribution in [0.25, 0.3) is 0 Å². The summed E-state index contributed by atoms with van der Waals surface area (Å²) in [7, 11) is -3.93. The summed E-state index contributed by atoms with van der Waals surface area (Å²) in [6.45, 7) is 2.28. The van der Waals surface area contributed by atoms with Gasteiger partial charge in [-0.1, -0.05) is 18.2 Å². The van der Waals surface area contributed by atoms with Gasteiger partial charge in [-0.15, -0.1) is 0 Å². The van der Waals surface area contributed by atoms with Crippen LogP contribution in [0, 0.1) is 17.6 Å². The van der Waals surface area contributed by atoms with Crippen LogP contribution in [0.2, 0.25) is 0 Å². The fourth-order valence-corrected chi connectivity index (χ4v) is 6.06. The number of benzene rings is 2.